The molecule has 0 unspecified atom stereocenters. The Morgan fingerprint density at radius 2 is 1.69 bits per heavy atom. The molecule has 2 aliphatic heterocycles. The molecule has 2 saturated heterocycles. The van der Waals surface area contributed by atoms with Crippen molar-refractivity contribution in [2.45, 2.75) is 18.0 Å². The van der Waals surface area contributed by atoms with Gasteiger partial charge in [0.25, 0.3) is 0 Å². The van der Waals surface area contributed by atoms with Crippen molar-refractivity contribution >= 4 is 34.8 Å². The number of amides is 2. The Kier molecular flexibility index (Phi) is 5.15. The second-order valence-electron chi connectivity index (χ2n) is 8.11. The molecule has 0 spiro atoms. The standard InChI is InChI=1S/C25H22N2O4S/c1-31-24(30)25(15-16-9-4-2-5-10-16)20-19(21(26-25)18-13-8-14-32-18)22(28)27(23(20)29)17-11-6-3-7-12-17/h2-14,19-21,26H,15H2,1H3/t19-,20-,21-,25-/m0/s1. The van der Waals surface area contributed by atoms with Gasteiger partial charge in [-0.1, -0.05) is 54.6 Å². The first-order valence-corrected chi connectivity index (χ1v) is 11.3. The predicted molar refractivity (Wildman–Crippen MR) is 121 cm³/mol. The van der Waals surface area contributed by atoms with Crippen LogP contribution in [0.1, 0.15) is 16.5 Å². The number of thiophene rings is 1. The number of para-hydroxylation sites is 1. The lowest BCUT2D eigenvalue weighted by molar-refractivity contribution is -0.152. The number of nitrogens with zero attached hydrogens (tertiary/aromatic N) is 1. The summed E-state index contributed by atoms with van der Waals surface area (Å²) in [7, 11) is 1.32. The number of carbonyl (C=O) groups excluding carboxylic acids is 3. The Balaban J connectivity index is 1.66. The summed E-state index contributed by atoms with van der Waals surface area (Å²) in [6.45, 7) is 0. The van der Waals surface area contributed by atoms with Crippen LogP contribution in [0.15, 0.2) is 78.2 Å². The van der Waals surface area contributed by atoms with Crippen LogP contribution in [0.3, 0.4) is 0 Å². The first-order chi connectivity index (χ1) is 15.6. The Morgan fingerprint density at radius 3 is 2.31 bits per heavy atom. The predicted octanol–water partition coefficient (Wildman–Crippen LogP) is 3.35. The van der Waals surface area contributed by atoms with E-state index in [2.05, 4.69) is 5.32 Å². The average molecular weight is 447 g/mol. The van der Waals surface area contributed by atoms with Crippen molar-refractivity contribution < 1.29 is 19.1 Å². The van der Waals surface area contributed by atoms with Crippen LogP contribution in [0, 0.1) is 11.8 Å². The van der Waals surface area contributed by atoms with Crippen LogP contribution >= 0.6 is 11.3 Å². The summed E-state index contributed by atoms with van der Waals surface area (Å²) in [5, 5.41) is 5.34. The molecule has 1 N–H and O–H groups in total. The molecule has 2 aromatic carbocycles. The van der Waals surface area contributed by atoms with E-state index in [-0.39, 0.29) is 18.2 Å². The number of nitrogens with one attached hydrogen (secondary N) is 1. The number of carbonyl (C=O) groups is 3. The molecule has 5 rings (SSSR count). The average Bonchev–Trinajstić information content (AvgIpc) is 3.52. The molecule has 162 valence electrons. The third-order valence-electron chi connectivity index (χ3n) is 6.39. The highest BCUT2D eigenvalue weighted by Crippen LogP contribution is 2.51. The topological polar surface area (TPSA) is 75.7 Å². The number of methoxy groups -OCH3 is 1. The maximum absolute atomic E-state index is 13.8. The maximum atomic E-state index is 13.8. The van der Waals surface area contributed by atoms with Crippen molar-refractivity contribution in [2.24, 2.45) is 11.8 Å². The van der Waals surface area contributed by atoms with E-state index in [1.165, 1.54) is 23.3 Å². The van der Waals surface area contributed by atoms with Gasteiger partial charge in [0.05, 0.1) is 30.7 Å². The smallest absolute Gasteiger partial charge is 0.327 e. The lowest BCUT2D eigenvalue weighted by Crippen LogP contribution is -2.57. The molecular weight excluding hydrogens is 424 g/mol. The number of hydrogen-bond donors (Lipinski definition) is 1. The van der Waals surface area contributed by atoms with E-state index in [0.29, 0.717) is 5.69 Å². The summed E-state index contributed by atoms with van der Waals surface area (Å²) < 4.78 is 5.23. The molecule has 0 bridgehead atoms. The minimum absolute atomic E-state index is 0.241. The fourth-order valence-corrected chi connectivity index (χ4v) is 5.89. The Bertz CT molecular complexity index is 1150. The molecule has 2 fully saturated rings. The number of ether oxygens (including phenoxy) is 1. The molecule has 0 radical (unpaired) electrons. The first-order valence-electron chi connectivity index (χ1n) is 10.4. The third kappa shape index (κ3) is 3.08. The van der Waals surface area contributed by atoms with E-state index in [4.69, 9.17) is 4.74 Å². The van der Waals surface area contributed by atoms with Crippen molar-refractivity contribution in [1.29, 1.82) is 0 Å². The number of benzene rings is 2. The monoisotopic (exact) mass is 446 g/mol. The molecule has 2 amide bonds. The van der Waals surface area contributed by atoms with Crippen molar-refractivity contribution in [1.82, 2.24) is 5.32 Å². The van der Waals surface area contributed by atoms with Gasteiger partial charge in [-0.05, 0) is 29.1 Å². The minimum atomic E-state index is -1.36. The quantitative estimate of drug-likeness (QED) is 0.481. The summed E-state index contributed by atoms with van der Waals surface area (Å²) in [6.07, 6.45) is 0.241. The van der Waals surface area contributed by atoms with Gasteiger partial charge < -0.3 is 4.74 Å². The molecule has 6 nitrogen and oxygen atoms in total. The molecule has 3 aromatic rings. The zero-order valence-corrected chi connectivity index (χ0v) is 18.2. The van der Waals surface area contributed by atoms with Crippen molar-refractivity contribution in [3.8, 4) is 0 Å². The zero-order valence-electron chi connectivity index (χ0n) is 17.4. The highest BCUT2D eigenvalue weighted by molar-refractivity contribution is 7.10. The fourth-order valence-electron chi connectivity index (χ4n) is 5.07. The molecule has 2 aliphatic rings. The van der Waals surface area contributed by atoms with Crippen LogP contribution in [0.2, 0.25) is 0 Å². The molecule has 4 atom stereocenters. The van der Waals surface area contributed by atoms with Crippen LogP contribution in [-0.4, -0.2) is 30.4 Å². The van der Waals surface area contributed by atoms with Gasteiger partial charge in [0, 0.05) is 11.3 Å². The lowest BCUT2D eigenvalue weighted by Gasteiger charge is -2.32. The van der Waals surface area contributed by atoms with Crippen molar-refractivity contribution in [2.75, 3.05) is 12.0 Å². The van der Waals surface area contributed by atoms with Gasteiger partial charge in [-0.2, -0.15) is 0 Å². The van der Waals surface area contributed by atoms with E-state index in [1.54, 1.807) is 24.3 Å². The molecule has 3 heterocycles. The second-order valence-corrected chi connectivity index (χ2v) is 9.09. The highest BCUT2D eigenvalue weighted by Gasteiger charge is 2.69. The SMILES string of the molecule is COC(=O)[C@@]1(Cc2ccccc2)N[C@@H](c2cccs2)[C@H]2C(=O)N(c3ccccc3)C(=O)[C@H]21. The summed E-state index contributed by atoms with van der Waals surface area (Å²) in [4.78, 5) is 42.9. The van der Waals surface area contributed by atoms with Crippen LogP contribution < -0.4 is 10.2 Å². The van der Waals surface area contributed by atoms with E-state index >= 15 is 0 Å². The maximum Gasteiger partial charge on any atom is 0.327 e. The fraction of sp³-hybridized carbons (Fsp3) is 0.240. The van der Waals surface area contributed by atoms with Crippen LogP contribution in [0.5, 0.6) is 0 Å². The summed E-state index contributed by atoms with van der Waals surface area (Å²) >= 11 is 1.50. The number of anilines is 1. The highest BCUT2D eigenvalue weighted by atomic mass is 32.1. The number of rotatable bonds is 5. The van der Waals surface area contributed by atoms with E-state index in [9.17, 15) is 14.4 Å². The Hall–Kier alpha value is -3.29. The van der Waals surface area contributed by atoms with Gasteiger partial charge in [-0.3, -0.25) is 19.7 Å². The van der Waals surface area contributed by atoms with Gasteiger partial charge >= 0.3 is 5.97 Å². The molecule has 7 heteroatoms. The minimum Gasteiger partial charge on any atom is -0.468 e. The number of fused-ring (bicyclic) bond motifs is 1. The third-order valence-corrected chi connectivity index (χ3v) is 7.35. The molecule has 1 aromatic heterocycles. The van der Waals surface area contributed by atoms with Gasteiger partial charge in [-0.15, -0.1) is 11.3 Å². The summed E-state index contributed by atoms with van der Waals surface area (Å²) in [6, 6.07) is 21.8. The van der Waals surface area contributed by atoms with Crippen molar-refractivity contribution in [3.63, 3.8) is 0 Å². The summed E-state index contributed by atoms with van der Waals surface area (Å²) in [5.74, 6) is -2.79. The molecule has 0 saturated carbocycles. The Morgan fingerprint density at radius 1 is 1.00 bits per heavy atom. The number of esters is 1. The summed E-state index contributed by atoms with van der Waals surface area (Å²) in [5.41, 5.74) is 0.0424. The van der Waals surface area contributed by atoms with Gasteiger partial charge in [-0.25, -0.2) is 4.90 Å². The molecule has 32 heavy (non-hydrogen) atoms. The van der Waals surface area contributed by atoms with Crippen LogP contribution in [0.4, 0.5) is 5.69 Å². The van der Waals surface area contributed by atoms with E-state index < -0.39 is 29.4 Å². The van der Waals surface area contributed by atoms with Gasteiger partial charge in [0.15, 0.2) is 0 Å². The van der Waals surface area contributed by atoms with E-state index in [0.717, 1.165) is 10.4 Å². The molecule has 0 aliphatic carbocycles. The van der Waals surface area contributed by atoms with E-state index in [1.807, 2.05) is 53.9 Å². The van der Waals surface area contributed by atoms with Gasteiger partial charge in [0.2, 0.25) is 11.8 Å². The van der Waals surface area contributed by atoms with Crippen molar-refractivity contribution in [3.05, 3.63) is 88.6 Å². The number of imide groups is 1. The largest absolute Gasteiger partial charge is 0.468 e. The Labute approximate surface area is 189 Å². The molecular formula is C25H22N2O4S. The number of hydrogen-bond acceptors (Lipinski definition) is 6. The van der Waals surface area contributed by atoms with Gasteiger partial charge in [0.1, 0.15) is 5.54 Å². The van der Waals surface area contributed by atoms with Crippen LogP contribution in [-0.2, 0) is 25.5 Å². The first kappa shape index (κ1) is 20.6. The second kappa shape index (κ2) is 8.00. The normalized spacial score (nSPS) is 26.9. The van der Waals surface area contributed by atoms with Crippen LogP contribution in [0.25, 0.3) is 0 Å². The lowest BCUT2D eigenvalue weighted by atomic mass is 9.76. The zero-order chi connectivity index (χ0) is 22.3.